The number of ketones is 1. The Balaban J connectivity index is 2.23. The fraction of sp³-hybridized carbons (Fsp3) is 0.810. The Morgan fingerprint density at radius 2 is 1.64 bits per heavy atom. The highest BCUT2D eigenvalue weighted by Gasteiger charge is 2.29. The minimum Gasteiger partial charge on any atom is -0.444 e. The minimum atomic E-state index is -0.480. The zero-order valence-electron chi connectivity index (χ0n) is 16.5. The van der Waals surface area contributed by atoms with E-state index in [-0.39, 0.29) is 17.8 Å². The molecular formula is C21H35NO3. The third-order valence-electron chi connectivity index (χ3n) is 4.38. The molecule has 0 saturated carbocycles. The Hall–Kier alpha value is -1.50. The van der Waals surface area contributed by atoms with Crippen LogP contribution in [0.3, 0.4) is 0 Å². The second-order valence-corrected chi connectivity index (χ2v) is 7.93. The number of ether oxygens (including phenoxy) is 1. The largest absolute Gasteiger partial charge is 0.444 e. The lowest BCUT2D eigenvalue weighted by Gasteiger charge is -2.32. The van der Waals surface area contributed by atoms with Crippen molar-refractivity contribution in [2.24, 2.45) is 5.92 Å². The average molecular weight is 350 g/mol. The van der Waals surface area contributed by atoms with Crippen LogP contribution < -0.4 is 0 Å². The molecule has 0 aliphatic carbocycles. The number of carbonyl (C=O) groups excluding carboxylic acids is 2. The third-order valence-corrected chi connectivity index (χ3v) is 4.38. The van der Waals surface area contributed by atoms with Gasteiger partial charge >= 0.3 is 6.09 Å². The van der Waals surface area contributed by atoms with Gasteiger partial charge in [0.2, 0.25) is 5.78 Å². The lowest BCUT2D eigenvalue weighted by molar-refractivity contribution is -0.118. The van der Waals surface area contributed by atoms with Crippen molar-refractivity contribution in [1.29, 1.82) is 0 Å². The van der Waals surface area contributed by atoms with Gasteiger partial charge in [-0.05, 0) is 46.0 Å². The number of amides is 1. The first-order valence-corrected chi connectivity index (χ1v) is 9.84. The van der Waals surface area contributed by atoms with E-state index in [0.29, 0.717) is 25.9 Å². The van der Waals surface area contributed by atoms with Crippen molar-refractivity contribution in [3.05, 3.63) is 0 Å². The molecule has 1 amide bonds. The number of piperidine rings is 1. The molecule has 1 fully saturated rings. The van der Waals surface area contributed by atoms with Crippen molar-refractivity contribution in [1.82, 2.24) is 4.90 Å². The molecule has 0 N–H and O–H groups in total. The van der Waals surface area contributed by atoms with Gasteiger partial charge in [0, 0.05) is 25.4 Å². The van der Waals surface area contributed by atoms with Crippen molar-refractivity contribution in [2.45, 2.75) is 91.1 Å². The highest BCUT2D eigenvalue weighted by molar-refractivity contribution is 5.97. The summed E-state index contributed by atoms with van der Waals surface area (Å²) in [7, 11) is 0. The number of Topliss-reactive ketones (excluding diaryl/α,β-unsaturated/α-hetero) is 1. The van der Waals surface area contributed by atoms with Gasteiger partial charge < -0.3 is 9.64 Å². The van der Waals surface area contributed by atoms with Crippen LogP contribution >= 0.6 is 0 Å². The first-order chi connectivity index (χ1) is 11.8. The van der Waals surface area contributed by atoms with Crippen molar-refractivity contribution in [3.8, 4) is 11.8 Å². The maximum absolute atomic E-state index is 12.2. The van der Waals surface area contributed by atoms with Crippen molar-refractivity contribution < 1.29 is 14.3 Å². The van der Waals surface area contributed by atoms with Crippen LogP contribution in [-0.2, 0) is 9.53 Å². The summed E-state index contributed by atoms with van der Waals surface area (Å²) in [5.41, 5.74) is -0.480. The molecule has 25 heavy (non-hydrogen) atoms. The highest BCUT2D eigenvalue weighted by atomic mass is 16.6. The molecule has 0 bridgehead atoms. The van der Waals surface area contributed by atoms with Crippen LogP contribution in [0.4, 0.5) is 4.79 Å². The normalized spacial score (nSPS) is 15.4. The van der Waals surface area contributed by atoms with Gasteiger partial charge in [-0.3, -0.25) is 4.79 Å². The number of likely N-dealkylation sites (tertiary alicyclic amines) is 1. The summed E-state index contributed by atoms with van der Waals surface area (Å²) in [5, 5.41) is 0. The molecule has 1 aliphatic heterocycles. The molecule has 1 aliphatic rings. The van der Waals surface area contributed by atoms with Crippen LogP contribution in [-0.4, -0.2) is 35.5 Å². The quantitative estimate of drug-likeness (QED) is 0.371. The van der Waals surface area contributed by atoms with Gasteiger partial charge in [0.15, 0.2) is 0 Å². The second kappa shape index (κ2) is 11.2. The SMILES string of the molecule is CCCCCCCCC#CC(=O)C1CCN(C(=O)OC(C)(C)C)CC1. The van der Waals surface area contributed by atoms with Gasteiger partial charge in [-0.1, -0.05) is 44.9 Å². The molecule has 142 valence electrons. The monoisotopic (exact) mass is 349 g/mol. The molecule has 0 spiro atoms. The summed E-state index contributed by atoms with van der Waals surface area (Å²) >= 11 is 0. The van der Waals surface area contributed by atoms with Crippen LogP contribution in [0.15, 0.2) is 0 Å². The fourth-order valence-electron chi connectivity index (χ4n) is 2.90. The second-order valence-electron chi connectivity index (χ2n) is 7.93. The molecule has 0 radical (unpaired) electrons. The van der Waals surface area contributed by atoms with E-state index in [4.69, 9.17) is 4.74 Å². The van der Waals surface area contributed by atoms with E-state index in [1.54, 1.807) is 4.90 Å². The summed E-state index contributed by atoms with van der Waals surface area (Å²) in [6.07, 6.45) is 9.34. The average Bonchev–Trinajstić information content (AvgIpc) is 2.55. The fourth-order valence-corrected chi connectivity index (χ4v) is 2.90. The van der Waals surface area contributed by atoms with Gasteiger partial charge in [-0.15, -0.1) is 0 Å². The van der Waals surface area contributed by atoms with E-state index < -0.39 is 5.60 Å². The Morgan fingerprint density at radius 3 is 2.24 bits per heavy atom. The van der Waals surface area contributed by atoms with Gasteiger partial charge in [-0.25, -0.2) is 4.79 Å². The summed E-state index contributed by atoms with van der Waals surface area (Å²) < 4.78 is 5.37. The molecule has 4 nitrogen and oxygen atoms in total. The Morgan fingerprint density at radius 1 is 1.04 bits per heavy atom. The molecule has 0 aromatic carbocycles. The van der Waals surface area contributed by atoms with E-state index in [1.807, 2.05) is 20.8 Å². The standard InChI is InChI=1S/C21H35NO3/c1-5-6-7-8-9-10-11-12-13-19(23)18-14-16-22(17-15-18)20(24)25-21(2,3)4/h18H,5-11,14-17H2,1-4H3. The molecule has 0 unspecified atom stereocenters. The first kappa shape index (κ1) is 21.5. The van der Waals surface area contributed by atoms with E-state index in [0.717, 1.165) is 12.8 Å². The Bertz CT molecular complexity index is 474. The van der Waals surface area contributed by atoms with E-state index in [2.05, 4.69) is 18.8 Å². The molecule has 4 heteroatoms. The van der Waals surface area contributed by atoms with Crippen LogP contribution in [0, 0.1) is 17.8 Å². The van der Waals surface area contributed by atoms with Crippen molar-refractivity contribution >= 4 is 11.9 Å². The van der Waals surface area contributed by atoms with E-state index in [1.165, 1.54) is 32.1 Å². The maximum Gasteiger partial charge on any atom is 0.410 e. The van der Waals surface area contributed by atoms with Gasteiger partial charge in [0.1, 0.15) is 5.60 Å². The van der Waals surface area contributed by atoms with Crippen LogP contribution in [0.1, 0.15) is 85.5 Å². The maximum atomic E-state index is 12.2. The predicted molar refractivity (Wildman–Crippen MR) is 101 cm³/mol. The Kier molecular flexibility index (Phi) is 9.63. The predicted octanol–water partition coefficient (Wildman–Crippen LogP) is 4.96. The summed E-state index contributed by atoms with van der Waals surface area (Å²) in [6.45, 7) is 8.95. The minimum absolute atomic E-state index is 0.0317. The number of nitrogens with zero attached hydrogens (tertiary/aromatic N) is 1. The molecule has 1 rings (SSSR count). The van der Waals surface area contributed by atoms with Gasteiger partial charge in [-0.2, -0.15) is 0 Å². The zero-order valence-corrected chi connectivity index (χ0v) is 16.5. The number of rotatable bonds is 7. The lowest BCUT2D eigenvalue weighted by atomic mass is 9.93. The van der Waals surface area contributed by atoms with Crippen LogP contribution in [0.2, 0.25) is 0 Å². The third kappa shape index (κ3) is 9.53. The van der Waals surface area contributed by atoms with E-state index >= 15 is 0 Å². The van der Waals surface area contributed by atoms with Gasteiger partial charge in [0.05, 0.1) is 0 Å². The summed E-state index contributed by atoms with van der Waals surface area (Å²) in [6, 6.07) is 0. The molecule has 0 aromatic heterocycles. The van der Waals surface area contributed by atoms with Gasteiger partial charge in [0.25, 0.3) is 0 Å². The molecule has 1 heterocycles. The lowest BCUT2D eigenvalue weighted by Crippen LogP contribution is -2.42. The van der Waals surface area contributed by atoms with Crippen molar-refractivity contribution in [3.63, 3.8) is 0 Å². The molecule has 0 aromatic rings. The topological polar surface area (TPSA) is 46.6 Å². The molecular weight excluding hydrogens is 314 g/mol. The summed E-state index contributed by atoms with van der Waals surface area (Å²) in [5.74, 6) is 5.85. The number of hydrogen-bond acceptors (Lipinski definition) is 3. The van der Waals surface area contributed by atoms with E-state index in [9.17, 15) is 9.59 Å². The number of hydrogen-bond donors (Lipinski definition) is 0. The first-order valence-electron chi connectivity index (χ1n) is 9.84. The molecule has 0 atom stereocenters. The number of unbranched alkanes of at least 4 members (excludes halogenated alkanes) is 6. The highest BCUT2D eigenvalue weighted by Crippen LogP contribution is 2.20. The zero-order chi connectivity index (χ0) is 18.7. The van der Waals surface area contributed by atoms with Crippen LogP contribution in [0.25, 0.3) is 0 Å². The smallest absolute Gasteiger partial charge is 0.410 e. The molecule has 1 saturated heterocycles. The van der Waals surface area contributed by atoms with Crippen LogP contribution in [0.5, 0.6) is 0 Å². The van der Waals surface area contributed by atoms with Crippen molar-refractivity contribution in [2.75, 3.05) is 13.1 Å². The Labute approximate surface area is 153 Å². The number of carbonyl (C=O) groups is 2. The summed E-state index contributed by atoms with van der Waals surface area (Å²) in [4.78, 5) is 25.9.